The Morgan fingerprint density at radius 3 is 2.71 bits per heavy atom. The molecule has 4 aromatic rings. The summed E-state index contributed by atoms with van der Waals surface area (Å²) in [4.78, 5) is 19.2. The normalized spacial score (nSPS) is 16.0. The molecule has 1 aliphatic rings. The largest absolute Gasteiger partial charge is 0.432 e. The highest BCUT2D eigenvalue weighted by atomic mass is 32.2. The number of hydrogen-bond acceptors (Lipinski definition) is 6. The van der Waals surface area contributed by atoms with Crippen LogP contribution in [0.3, 0.4) is 0 Å². The molecule has 3 heterocycles. The lowest BCUT2D eigenvalue weighted by Gasteiger charge is -2.35. The number of fused-ring (bicyclic) bond motifs is 1. The van der Waals surface area contributed by atoms with Gasteiger partial charge in [-0.25, -0.2) is 13.9 Å². The van der Waals surface area contributed by atoms with E-state index in [1.54, 1.807) is 28.5 Å². The third-order valence-electron chi connectivity index (χ3n) is 8.43. The summed E-state index contributed by atoms with van der Waals surface area (Å²) in [7, 11) is -2.30. The summed E-state index contributed by atoms with van der Waals surface area (Å²) < 4.78 is 16.0. The van der Waals surface area contributed by atoms with Gasteiger partial charge in [0.2, 0.25) is 0 Å². The fourth-order valence-electron chi connectivity index (χ4n) is 5.35. The highest BCUT2D eigenvalue weighted by Crippen LogP contribution is 2.40. The van der Waals surface area contributed by atoms with Crippen LogP contribution in [0.1, 0.15) is 55.1 Å². The van der Waals surface area contributed by atoms with E-state index in [1.165, 1.54) is 11.6 Å². The lowest BCUT2D eigenvalue weighted by atomic mass is 10.00. The molecule has 0 aliphatic carbocycles. The number of halogens is 1. The molecule has 2 N–H and O–H groups in total. The van der Waals surface area contributed by atoms with E-state index in [9.17, 15) is 9.19 Å². The quantitative estimate of drug-likeness (QED) is 0.122. The molecule has 2 aromatic carbocycles. The Labute approximate surface area is 252 Å². The van der Waals surface area contributed by atoms with Crippen molar-refractivity contribution in [2.45, 2.75) is 68.7 Å². The van der Waals surface area contributed by atoms with Gasteiger partial charge in [0.15, 0.2) is 14.0 Å². The van der Waals surface area contributed by atoms with Crippen molar-refractivity contribution in [3.8, 4) is 0 Å². The summed E-state index contributed by atoms with van der Waals surface area (Å²) in [5.41, 5.74) is 4.79. The number of benzene rings is 2. The number of hydrogen-bond donors (Lipinski definition) is 2. The summed E-state index contributed by atoms with van der Waals surface area (Å²) in [6.45, 7) is 9.72. The summed E-state index contributed by atoms with van der Waals surface area (Å²) in [6, 6.07) is 17.5. The van der Waals surface area contributed by atoms with E-state index >= 15 is 0 Å². The molecule has 1 atom stereocenters. The summed E-state index contributed by atoms with van der Waals surface area (Å²) in [6.07, 6.45) is 6.57. The SMILES string of the molecule is CSc1ccc(F)cc1[C@H]1CCCN1c1ccc2ncc(C(=S)NCc3cccc(CC(C)(C)[Si](C)(C)O)c3)n2n1. The van der Waals surface area contributed by atoms with Crippen molar-refractivity contribution >= 4 is 48.8 Å². The Kier molecular flexibility index (Phi) is 8.57. The average Bonchev–Trinajstić information content (AvgIpc) is 3.58. The number of rotatable bonds is 9. The Morgan fingerprint density at radius 1 is 1.17 bits per heavy atom. The number of nitrogens with one attached hydrogen (secondary N) is 1. The van der Waals surface area contributed by atoms with Crippen LogP contribution in [0.15, 0.2) is 65.7 Å². The van der Waals surface area contributed by atoms with Gasteiger partial charge in [0.1, 0.15) is 22.3 Å². The van der Waals surface area contributed by atoms with E-state index in [0.29, 0.717) is 11.5 Å². The molecule has 2 aromatic heterocycles. The molecule has 0 amide bonds. The van der Waals surface area contributed by atoms with Gasteiger partial charge in [-0.2, -0.15) is 0 Å². The van der Waals surface area contributed by atoms with Crippen molar-refractivity contribution in [1.29, 1.82) is 0 Å². The van der Waals surface area contributed by atoms with Crippen molar-refractivity contribution in [3.05, 3.63) is 89.0 Å². The number of aromatic nitrogens is 3. The molecule has 1 saturated heterocycles. The van der Waals surface area contributed by atoms with Gasteiger partial charge in [-0.15, -0.1) is 16.9 Å². The lowest BCUT2D eigenvalue weighted by molar-refractivity contribution is 0.467. The molecule has 0 bridgehead atoms. The van der Waals surface area contributed by atoms with Crippen LogP contribution >= 0.6 is 24.0 Å². The molecule has 1 fully saturated rings. The van der Waals surface area contributed by atoms with Crippen molar-refractivity contribution in [3.63, 3.8) is 0 Å². The van der Waals surface area contributed by atoms with Gasteiger partial charge in [-0.1, -0.05) is 50.3 Å². The molecule has 0 radical (unpaired) electrons. The Balaban J connectivity index is 1.34. The number of anilines is 1. The minimum atomic E-state index is -2.30. The standard InChI is InChI=1S/C31H38FN5OS2Si/c1-31(2,41(4,5)38)18-21-8-6-9-22(16-21)19-34-30(39)26-20-33-28-13-14-29(35-37(26)28)36-15-7-10-25(36)24-17-23(32)11-12-27(24)40-3/h6,8-9,11-14,16-17,20,25,38H,7,10,15,18-19H2,1-5H3,(H,34,39)/t25-/m1/s1. The smallest absolute Gasteiger partial charge is 0.188 e. The van der Waals surface area contributed by atoms with E-state index in [0.717, 1.165) is 59.0 Å². The molecule has 1 aliphatic heterocycles. The van der Waals surface area contributed by atoms with Gasteiger partial charge in [-0.05, 0) is 90.7 Å². The number of thioether (sulfide) groups is 1. The highest BCUT2D eigenvalue weighted by molar-refractivity contribution is 7.98. The number of thiocarbonyl (C=S) groups is 1. The van der Waals surface area contributed by atoms with Crippen LogP contribution < -0.4 is 10.2 Å². The van der Waals surface area contributed by atoms with Gasteiger partial charge >= 0.3 is 0 Å². The Bertz CT molecular complexity index is 1570. The lowest BCUT2D eigenvalue weighted by Crippen LogP contribution is -2.40. The van der Waals surface area contributed by atoms with E-state index in [1.807, 2.05) is 37.5 Å². The predicted octanol–water partition coefficient (Wildman–Crippen LogP) is 6.92. The molecule has 5 rings (SSSR count). The monoisotopic (exact) mass is 607 g/mol. The van der Waals surface area contributed by atoms with E-state index in [4.69, 9.17) is 17.3 Å². The third-order valence-corrected chi connectivity index (χ3v) is 13.1. The summed E-state index contributed by atoms with van der Waals surface area (Å²) in [5.74, 6) is 0.610. The second-order valence-electron chi connectivity index (χ2n) is 12.0. The van der Waals surface area contributed by atoms with Crippen LogP contribution in [0.5, 0.6) is 0 Å². The topological polar surface area (TPSA) is 65.7 Å². The van der Waals surface area contributed by atoms with Crippen molar-refractivity contribution in [2.75, 3.05) is 17.7 Å². The van der Waals surface area contributed by atoms with Crippen LogP contribution in [-0.2, 0) is 13.0 Å². The van der Waals surface area contributed by atoms with Crippen molar-refractivity contribution in [2.24, 2.45) is 0 Å². The Morgan fingerprint density at radius 2 is 1.95 bits per heavy atom. The molecule has 0 unspecified atom stereocenters. The summed E-state index contributed by atoms with van der Waals surface area (Å²) in [5, 5.41) is 8.22. The van der Waals surface area contributed by atoms with Gasteiger partial charge in [-0.3, -0.25) is 0 Å². The molecular formula is C31H38FN5OS2Si. The maximum atomic E-state index is 14.2. The highest BCUT2D eigenvalue weighted by Gasteiger charge is 2.38. The fraction of sp³-hybridized carbons (Fsp3) is 0.387. The zero-order valence-electron chi connectivity index (χ0n) is 24.3. The van der Waals surface area contributed by atoms with Crippen molar-refractivity contribution in [1.82, 2.24) is 19.9 Å². The van der Waals surface area contributed by atoms with E-state index in [2.05, 4.69) is 53.3 Å². The molecule has 10 heteroatoms. The van der Waals surface area contributed by atoms with E-state index in [-0.39, 0.29) is 16.9 Å². The number of imidazole rings is 1. The average molecular weight is 608 g/mol. The fourth-order valence-corrected chi connectivity index (χ4v) is 6.83. The Hall–Kier alpha value is -2.79. The maximum absolute atomic E-state index is 14.2. The van der Waals surface area contributed by atoms with Crippen LogP contribution in [-0.4, -0.2) is 45.5 Å². The predicted molar refractivity (Wildman–Crippen MR) is 173 cm³/mol. The maximum Gasteiger partial charge on any atom is 0.188 e. The molecule has 0 saturated carbocycles. The van der Waals surface area contributed by atoms with Crippen LogP contribution in [0.4, 0.5) is 10.2 Å². The molecular weight excluding hydrogens is 570 g/mol. The first-order valence-electron chi connectivity index (χ1n) is 14.0. The third kappa shape index (κ3) is 6.35. The zero-order chi connectivity index (χ0) is 29.4. The van der Waals surface area contributed by atoms with Gasteiger partial charge < -0.3 is 15.0 Å². The first-order chi connectivity index (χ1) is 19.5. The van der Waals surface area contributed by atoms with E-state index < -0.39 is 8.32 Å². The van der Waals surface area contributed by atoms with Crippen LogP contribution in [0.25, 0.3) is 5.65 Å². The second-order valence-corrected chi connectivity index (χ2v) is 17.7. The van der Waals surface area contributed by atoms with Crippen molar-refractivity contribution < 1.29 is 9.19 Å². The first kappa shape index (κ1) is 29.7. The minimum Gasteiger partial charge on any atom is -0.432 e. The molecule has 6 nitrogen and oxygen atoms in total. The number of nitrogens with zero attached hydrogens (tertiary/aromatic N) is 4. The van der Waals surface area contributed by atoms with Gasteiger partial charge in [0.25, 0.3) is 0 Å². The van der Waals surface area contributed by atoms with Crippen LogP contribution in [0, 0.1) is 5.82 Å². The summed E-state index contributed by atoms with van der Waals surface area (Å²) >= 11 is 7.44. The molecule has 0 spiro atoms. The zero-order valence-corrected chi connectivity index (χ0v) is 26.9. The van der Waals surface area contributed by atoms with Gasteiger partial charge in [0.05, 0.1) is 12.2 Å². The second kappa shape index (κ2) is 11.8. The minimum absolute atomic E-state index is 0.0616. The van der Waals surface area contributed by atoms with Crippen LogP contribution in [0.2, 0.25) is 18.1 Å². The first-order valence-corrected chi connectivity index (χ1v) is 18.6. The van der Waals surface area contributed by atoms with Gasteiger partial charge in [0, 0.05) is 18.0 Å². The molecule has 41 heavy (non-hydrogen) atoms. The molecule has 216 valence electrons.